The average Bonchev–Trinajstić information content (AvgIpc) is 2.80. The van der Waals surface area contributed by atoms with Crippen molar-refractivity contribution < 1.29 is 9.53 Å². The van der Waals surface area contributed by atoms with Gasteiger partial charge in [0.1, 0.15) is 5.75 Å². The van der Waals surface area contributed by atoms with Crippen LogP contribution in [0.25, 0.3) is 0 Å². The van der Waals surface area contributed by atoms with E-state index in [1.54, 1.807) is 7.11 Å². The van der Waals surface area contributed by atoms with Crippen molar-refractivity contribution >= 4 is 11.6 Å². The Hall–Kier alpha value is -2.53. The molecule has 0 radical (unpaired) electrons. The Morgan fingerprint density at radius 1 is 0.897 bits per heavy atom. The summed E-state index contributed by atoms with van der Waals surface area (Å²) >= 11 is 0. The van der Waals surface area contributed by atoms with E-state index in [9.17, 15) is 4.79 Å². The normalized spacial score (nSPS) is 18.7. The van der Waals surface area contributed by atoms with Crippen molar-refractivity contribution in [3.63, 3.8) is 0 Å². The zero-order valence-corrected chi connectivity index (χ0v) is 17.3. The molecule has 0 spiro atoms. The summed E-state index contributed by atoms with van der Waals surface area (Å²) in [6.07, 6.45) is 1.94. The molecule has 0 bridgehead atoms. The van der Waals surface area contributed by atoms with E-state index in [1.165, 1.54) is 5.56 Å². The van der Waals surface area contributed by atoms with E-state index < -0.39 is 0 Å². The summed E-state index contributed by atoms with van der Waals surface area (Å²) in [5, 5.41) is 0. The molecule has 0 aromatic heterocycles. The SMILES string of the molecule is COc1ccccc1N1CCN(C(=O)C2CCN(Cc3ccccc3)CC2)CC1. The average molecular weight is 394 g/mol. The number of nitrogens with zero attached hydrogens (tertiary/aromatic N) is 3. The second kappa shape index (κ2) is 9.31. The van der Waals surface area contributed by atoms with Gasteiger partial charge in [0.05, 0.1) is 12.8 Å². The molecule has 1 amide bonds. The van der Waals surface area contributed by atoms with Crippen LogP contribution in [-0.2, 0) is 11.3 Å². The van der Waals surface area contributed by atoms with E-state index in [0.717, 1.165) is 70.1 Å². The summed E-state index contributed by atoms with van der Waals surface area (Å²) < 4.78 is 5.49. The fourth-order valence-electron chi connectivity index (χ4n) is 4.50. The van der Waals surface area contributed by atoms with Gasteiger partial charge in [0.2, 0.25) is 5.91 Å². The van der Waals surface area contributed by atoms with Crippen LogP contribution in [0.4, 0.5) is 5.69 Å². The minimum Gasteiger partial charge on any atom is -0.495 e. The molecule has 5 nitrogen and oxygen atoms in total. The highest BCUT2D eigenvalue weighted by Crippen LogP contribution is 2.29. The van der Waals surface area contributed by atoms with Gasteiger partial charge in [-0.15, -0.1) is 0 Å². The van der Waals surface area contributed by atoms with Gasteiger partial charge in [-0.25, -0.2) is 0 Å². The van der Waals surface area contributed by atoms with Gasteiger partial charge in [-0.05, 0) is 43.6 Å². The maximum Gasteiger partial charge on any atom is 0.225 e. The smallest absolute Gasteiger partial charge is 0.225 e. The molecule has 2 aliphatic heterocycles. The first-order valence-corrected chi connectivity index (χ1v) is 10.7. The first-order valence-electron chi connectivity index (χ1n) is 10.7. The summed E-state index contributed by atoms with van der Waals surface area (Å²) in [5.74, 6) is 1.43. The number of methoxy groups -OCH3 is 1. The van der Waals surface area contributed by atoms with Crippen molar-refractivity contribution in [2.24, 2.45) is 5.92 Å². The molecular weight excluding hydrogens is 362 g/mol. The van der Waals surface area contributed by atoms with Crippen LogP contribution in [0, 0.1) is 5.92 Å². The fraction of sp³-hybridized carbons (Fsp3) is 0.458. The molecule has 0 atom stereocenters. The fourth-order valence-corrected chi connectivity index (χ4v) is 4.50. The lowest BCUT2D eigenvalue weighted by molar-refractivity contribution is -0.137. The highest BCUT2D eigenvalue weighted by atomic mass is 16.5. The van der Waals surface area contributed by atoms with Gasteiger partial charge in [-0.2, -0.15) is 0 Å². The standard InChI is InChI=1S/C24H31N3O2/c1-29-23-10-6-5-9-22(23)26-15-17-27(18-16-26)24(28)21-11-13-25(14-12-21)19-20-7-3-2-4-8-20/h2-10,21H,11-19H2,1H3. The van der Waals surface area contributed by atoms with E-state index in [2.05, 4.69) is 51.1 Å². The summed E-state index contributed by atoms with van der Waals surface area (Å²) in [6.45, 7) is 6.30. The van der Waals surface area contributed by atoms with Crippen molar-refractivity contribution in [2.45, 2.75) is 19.4 Å². The van der Waals surface area contributed by atoms with Gasteiger partial charge in [0, 0.05) is 38.6 Å². The number of ether oxygens (including phenoxy) is 1. The summed E-state index contributed by atoms with van der Waals surface area (Å²) in [5.41, 5.74) is 2.47. The highest BCUT2D eigenvalue weighted by molar-refractivity contribution is 5.79. The van der Waals surface area contributed by atoms with Gasteiger partial charge in [0.25, 0.3) is 0 Å². The number of piperidine rings is 1. The van der Waals surface area contributed by atoms with E-state index in [-0.39, 0.29) is 5.92 Å². The molecule has 2 saturated heterocycles. The van der Waals surface area contributed by atoms with Crippen LogP contribution in [0.1, 0.15) is 18.4 Å². The number of carbonyl (C=O) groups is 1. The van der Waals surface area contributed by atoms with Crippen molar-refractivity contribution in [1.29, 1.82) is 0 Å². The molecule has 2 aliphatic rings. The number of hydrogen-bond donors (Lipinski definition) is 0. The van der Waals surface area contributed by atoms with E-state index in [1.807, 2.05) is 18.2 Å². The Bertz CT molecular complexity index is 795. The number of hydrogen-bond acceptors (Lipinski definition) is 4. The Labute approximate surface area is 173 Å². The molecule has 2 fully saturated rings. The number of likely N-dealkylation sites (tertiary alicyclic amines) is 1. The van der Waals surface area contributed by atoms with Crippen molar-refractivity contribution in [3.05, 3.63) is 60.2 Å². The third-order valence-electron chi connectivity index (χ3n) is 6.20. The number of para-hydroxylation sites is 2. The van der Waals surface area contributed by atoms with Crippen molar-refractivity contribution in [1.82, 2.24) is 9.80 Å². The van der Waals surface area contributed by atoms with Crippen LogP contribution in [0.5, 0.6) is 5.75 Å². The zero-order chi connectivity index (χ0) is 20.1. The molecular formula is C24H31N3O2. The van der Waals surface area contributed by atoms with Gasteiger partial charge in [-0.3, -0.25) is 9.69 Å². The topological polar surface area (TPSA) is 36.0 Å². The molecule has 4 rings (SSSR count). The Morgan fingerprint density at radius 2 is 1.55 bits per heavy atom. The lowest BCUT2D eigenvalue weighted by Gasteiger charge is -2.39. The molecule has 0 N–H and O–H groups in total. The Morgan fingerprint density at radius 3 is 2.24 bits per heavy atom. The predicted octanol–water partition coefficient (Wildman–Crippen LogP) is 3.26. The molecule has 5 heteroatoms. The van der Waals surface area contributed by atoms with Crippen LogP contribution in [0.2, 0.25) is 0 Å². The van der Waals surface area contributed by atoms with Crippen LogP contribution in [-0.4, -0.2) is 62.1 Å². The summed E-state index contributed by atoms with van der Waals surface area (Å²) in [4.78, 5) is 19.9. The van der Waals surface area contributed by atoms with Gasteiger partial charge in [-0.1, -0.05) is 42.5 Å². The first-order chi connectivity index (χ1) is 14.2. The minimum atomic E-state index is 0.180. The predicted molar refractivity (Wildman–Crippen MR) is 116 cm³/mol. The number of rotatable bonds is 5. The maximum absolute atomic E-state index is 13.0. The molecule has 2 aromatic carbocycles. The van der Waals surface area contributed by atoms with Gasteiger partial charge < -0.3 is 14.5 Å². The Balaban J connectivity index is 1.26. The number of anilines is 1. The van der Waals surface area contributed by atoms with Gasteiger partial charge >= 0.3 is 0 Å². The largest absolute Gasteiger partial charge is 0.495 e. The molecule has 0 unspecified atom stereocenters. The summed E-state index contributed by atoms with van der Waals surface area (Å²) in [6, 6.07) is 18.7. The van der Waals surface area contributed by atoms with E-state index in [0.29, 0.717) is 5.91 Å². The van der Waals surface area contributed by atoms with Crippen LogP contribution < -0.4 is 9.64 Å². The molecule has 2 aromatic rings. The van der Waals surface area contributed by atoms with E-state index in [4.69, 9.17) is 4.74 Å². The third-order valence-corrected chi connectivity index (χ3v) is 6.20. The number of carbonyl (C=O) groups excluding carboxylic acids is 1. The second-order valence-electron chi connectivity index (χ2n) is 8.02. The summed E-state index contributed by atoms with van der Waals surface area (Å²) in [7, 11) is 1.71. The quantitative estimate of drug-likeness (QED) is 0.781. The number of amides is 1. The molecule has 29 heavy (non-hydrogen) atoms. The van der Waals surface area contributed by atoms with Crippen molar-refractivity contribution in [2.75, 3.05) is 51.3 Å². The zero-order valence-electron chi connectivity index (χ0n) is 17.3. The molecule has 0 saturated carbocycles. The van der Waals surface area contributed by atoms with Crippen LogP contribution >= 0.6 is 0 Å². The number of benzene rings is 2. The maximum atomic E-state index is 13.0. The third kappa shape index (κ3) is 4.73. The highest BCUT2D eigenvalue weighted by Gasteiger charge is 2.30. The van der Waals surface area contributed by atoms with Crippen LogP contribution in [0.3, 0.4) is 0 Å². The molecule has 0 aliphatic carbocycles. The van der Waals surface area contributed by atoms with Crippen molar-refractivity contribution in [3.8, 4) is 5.75 Å². The first kappa shape index (κ1) is 19.8. The van der Waals surface area contributed by atoms with Crippen LogP contribution in [0.15, 0.2) is 54.6 Å². The Kier molecular flexibility index (Phi) is 6.35. The second-order valence-corrected chi connectivity index (χ2v) is 8.02. The van der Waals surface area contributed by atoms with E-state index >= 15 is 0 Å². The number of piperazine rings is 1. The minimum absolute atomic E-state index is 0.180. The lowest BCUT2D eigenvalue weighted by atomic mass is 9.94. The molecule has 2 heterocycles. The monoisotopic (exact) mass is 393 g/mol. The molecule has 154 valence electrons. The van der Waals surface area contributed by atoms with Gasteiger partial charge in [0.15, 0.2) is 0 Å². The lowest BCUT2D eigenvalue weighted by Crippen LogP contribution is -2.51.